The van der Waals surface area contributed by atoms with Crippen molar-refractivity contribution < 1.29 is 19.1 Å². The summed E-state index contributed by atoms with van der Waals surface area (Å²) in [6.45, 7) is 1.94. The normalized spacial score (nSPS) is 11.3. The fourth-order valence-electron chi connectivity index (χ4n) is 2.22. The summed E-state index contributed by atoms with van der Waals surface area (Å²) in [7, 11) is 0. The van der Waals surface area contributed by atoms with Crippen LogP contribution in [0.15, 0.2) is 53.0 Å². The Balaban J connectivity index is 1.67. The lowest BCUT2D eigenvalue weighted by atomic mass is 10.2. The van der Waals surface area contributed by atoms with Crippen molar-refractivity contribution in [2.45, 2.75) is 32.4 Å². The Bertz CT molecular complexity index is 864. The third-order valence-electron chi connectivity index (χ3n) is 3.80. The number of hydrogen-bond acceptors (Lipinski definition) is 4. The molecule has 9 heteroatoms. The number of benzene rings is 2. The minimum Gasteiger partial charge on any atom is -0.480 e. The fourth-order valence-corrected chi connectivity index (χ4v) is 3.00. The summed E-state index contributed by atoms with van der Waals surface area (Å²) in [4.78, 5) is 35.7. The van der Waals surface area contributed by atoms with Crippen LogP contribution in [0.4, 0.5) is 0 Å². The molecule has 0 saturated heterocycles. The highest BCUT2D eigenvalue weighted by molar-refractivity contribution is 9.10. The summed E-state index contributed by atoms with van der Waals surface area (Å²) < 4.78 is 6.14. The molecule has 0 radical (unpaired) electrons. The minimum absolute atomic E-state index is 0.0122. The molecule has 2 aromatic rings. The molecule has 29 heavy (non-hydrogen) atoms. The summed E-state index contributed by atoms with van der Waals surface area (Å²) >= 11 is 9.16. The van der Waals surface area contributed by atoms with Gasteiger partial charge in [0.2, 0.25) is 11.8 Å². The Hall–Kier alpha value is -2.58. The lowest BCUT2D eigenvalue weighted by molar-refractivity contribution is -0.133. The Morgan fingerprint density at radius 1 is 1.03 bits per heavy atom. The first kappa shape index (κ1) is 22.7. The molecule has 1 unspecified atom stereocenters. The van der Waals surface area contributed by atoms with Crippen LogP contribution in [0.2, 0.25) is 5.02 Å². The van der Waals surface area contributed by atoms with Crippen LogP contribution in [0.5, 0.6) is 5.75 Å². The molecule has 7 nitrogen and oxygen atoms in total. The van der Waals surface area contributed by atoms with Gasteiger partial charge in [-0.15, -0.1) is 0 Å². The van der Waals surface area contributed by atoms with Gasteiger partial charge < -0.3 is 10.1 Å². The number of carbonyl (C=O) groups is 3. The number of halogens is 2. The minimum atomic E-state index is -0.859. The van der Waals surface area contributed by atoms with Crippen molar-refractivity contribution in [2.75, 3.05) is 0 Å². The van der Waals surface area contributed by atoms with Crippen LogP contribution in [0.3, 0.4) is 0 Å². The molecule has 0 saturated carbocycles. The van der Waals surface area contributed by atoms with Crippen molar-refractivity contribution in [3.63, 3.8) is 0 Å². The third-order valence-corrected chi connectivity index (χ3v) is 4.66. The molecule has 0 heterocycles. The largest absolute Gasteiger partial charge is 0.480 e. The van der Waals surface area contributed by atoms with Crippen molar-refractivity contribution in [3.8, 4) is 5.75 Å². The van der Waals surface area contributed by atoms with E-state index in [1.54, 1.807) is 25.1 Å². The molecule has 0 aliphatic carbocycles. The van der Waals surface area contributed by atoms with E-state index in [-0.39, 0.29) is 18.7 Å². The van der Waals surface area contributed by atoms with Crippen molar-refractivity contribution >= 4 is 45.3 Å². The van der Waals surface area contributed by atoms with Gasteiger partial charge in [0, 0.05) is 24.4 Å². The molecule has 154 valence electrons. The second kappa shape index (κ2) is 11.4. The van der Waals surface area contributed by atoms with Crippen LogP contribution < -0.4 is 20.9 Å². The van der Waals surface area contributed by atoms with E-state index in [0.29, 0.717) is 21.8 Å². The molecule has 1 atom stereocenters. The molecule has 2 rings (SSSR count). The zero-order chi connectivity index (χ0) is 21.2. The first-order chi connectivity index (χ1) is 13.8. The molecule has 0 aromatic heterocycles. The molecule has 0 spiro atoms. The van der Waals surface area contributed by atoms with Crippen molar-refractivity contribution in [1.82, 2.24) is 16.2 Å². The maximum atomic E-state index is 12.1. The van der Waals surface area contributed by atoms with Gasteiger partial charge in [0.25, 0.3) is 5.91 Å². The number of carbonyl (C=O) groups excluding carboxylic acids is 3. The standard InChI is InChI=1S/C20H21BrClN3O4/c1-13(29-17-8-7-15(22)11-16(17)21)20(28)25-24-19(27)10-9-18(26)23-12-14-5-3-2-4-6-14/h2-8,11,13H,9-10,12H2,1H3,(H,23,26)(H,24,27)(H,25,28). The van der Waals surface area contributed by atoms with E-state index in [2.05, 4.69) is 32.1 Å². The fraction of sp³-hybridized carbons (Fsp3) is 0.250. The average Bonchev–Trinajstić information content (AvgIpc) is 2.71. The highest BCUT2D eigenvalue weighted by Gasteiger charge is 2.17. The molecule has 3 amide bonds. The number of hydrogen-bond donors (Lipinski definition) is 3. The van der Waals surface area contributed by atoms with Crippen LogP contribution in [-0.4, -0.2) is 23.8 Å². The van der Waals surface area contributed by atoms with E-state index in [4.69, 9.17) is 16.3 Å². The summed E-state index contributed by atoms with van der Waals surface area (Å²) in [5.74, 6) is -0.820. The second-order valence-corrected chi connectivity index (χ2v) is 7.43. The van der Waals surface area contributed by atoms with Gasteiger partial charge in [-0.25, -0.2) is 0 Å². The van der Waals surface area contributed by atoms with E-state index in [9.17, 15) is 14.4 Å². The monoisotopic (exact) mass is 481 g/mol. The smallest absolute Gasteiger partial charge is 0.279 e. The lowest BCUT2D eigenvalue weighted by Gasteiger charge is -2.16. The van der Waals surface area contributed by atoms with E-state index in [1.807, 2.05) is 30.3 Å². The van der Waals surface area contributed by atoms with E-state index in [0.717, 1.165) is 5.56 Å². The number of hydrazine groups is 1. The van der Waals surface area contributed by atoms with Gasteiger partial charge in [-0.05, 0) is 46.6 Å². The average molecular weight is 483 g/mol. The summed E-state index contributed by atoms with van der Waals surface area (Å²) in [6, 6.07) is 14.4. The molecule has 0 bridgehead atoms. The van der Waals surface area contributed by atoms with Crippen molar-refractivity contribution in [1.29, 1.82) is 0 Å². The Morgan fingerprint density at radius 2 is 1.72 bits per heavy atom. The molecule has 0 aliphatic rings. The molecular weight excluding hydrogens is 462 g/mol. The van der Waals surface area contributed by atoms with Gasteiger partial charge >= 0.3 is 0 Å². The van der Waals surface area contributed by atoms with E-state index in [1.165, 1.54) is 0 Å². The molecular formula is C20H21BrClN3O4. The van der Waals surface area contributed by atoms with Crippen LogP contribution in [0.25, 0.3) is 0 Å². The number of amides is 3. The number of rotatable bonds is 8. The van der Waals surface area contributed by atoms with Gasteiger partial charge in [0.1, 0.15) is 5.75 Å². The maximum Gasteiger partial charge on any atom is 0.279 e. The number of nitrogens with one attached hydrogen (secondary N) is 3. The SMILES string of the molecule is CC(Oc1ccc(Cl)cc1Br)C(=O)NNC(=O)CCC(=O)NCc1ccccc1. The van der Waals surface area contributed by atoms with E-state index < -0.39 is 17.9 Å². The molecule has 0 aliphatic heterocycles. The van der Waals surface area contributed by atoms with Gasteiger partial charge in [0.15, 0.2) is 6.10 Å². The van der Waals surface area contributed by atoms with Crippen LogP contribution in [0.1, 0.15) is 25.3 Å². The van der Waals surface area contributed by atoms with E-state index >= 15 is 0 Å². The lowest BCUT2D eigenvalue weighted by Crippen LogP contribution is -2.47. The highest BCUT2D eigenvalue weighted by Crippen LogP contribution is 2.28. The molecule has 2 aromatic carbocycles. The highest BCUT2D eigenvalue weighted by atomic mass is 79.9. The first-order valence-corrected chi connectivity index (χ1v) is 10.0. The Morgan fingerprint density at radius 3 is 2.41 bits per heavy atom. The first-order valence-electron chi connectivity index (χ1n) is 8.86. The van der Waals surface area contributed by atoms with Gasteiger partial charge in [0.05, 0.1) is 4.47 Å². The summed E-state index contributed by atoms with van der Waals surface area (Å²) in [5.41, 5.74) is 5.52. The maximum absolute atomic E-state index is 12.1. The predicted octanol–water partition coefficient (Wildman–Crippen LogP) is 3.11. The van der Waals surface area contributed by atoms with Gasteiger partial charge in [-0.1, -0.05) is 41.9 Å². The summed E-state index contributed by atoms with van der Waals surface area (Å²) in [5, 5.41) is 3.26. The van der Waals surface area contributed by atoms with Crippen LogP contribution in [0, 0.1) is 0 Å². The topological polar surface area (TPSA) is 96.5 Å². The Labute approximate surface area is 182 Å². The van der Waals surface area contributed by atoms with Gasteiger partial charge in [-0.2, -0.15) is 0 Å². The summed E-state index contributed by atoms with van der Waals surface area (Å²) in [6.07, 6.45) is -0.904. The van der Waals surface area contributed by atoms with Crippen molar-refractivity contribution in [2.24, 2.45) is 0 Å². The van der Waals surface area contributed by atoms with Crippen molar-refractivity contribution in [3.05, 3.63) is 63.6 Å². The zero-order valence-electron chi connectivity index (χ0n) is 15.7. The number of ether oxygens (including phenoxy) is 1. The van der Waals surface area contributed by atoms with Crippen LogP contribution >= 0.6 is 27.5 Å². The second-order valence-electron chi connectivity index (χ2n) is 6.13. The zero-order valence-corrected chi connectivity index (χ0v) is 18.0. The predicted molar refractivity (Wildman–Crippen MR) is 113 cm³/mol. The van der Waals surface area contributed by atoms with Gasteiger partial charge in [-0.3, -0.25) is 25.2 Å². The Kier molecular flexibility index (Phi) is 8.95. The molecule has 3 N–H and O–H groups in total. The third kappa shape index (κ3) is 8.13. The molecule has 0 fully saturated rings. The van der Waals surface area contributed by atoms with Crippen LogP contribution in [-0.2, 0) is 20.9 Å². The quantitative estimate of drug-likeness (QED) is 0.504.